The van der Waals surface area contributed by atoms with Crippen molar-refractivity contribution >= 4 is 29.7 Å². The molecule has 0 bridgehead atoms. The Kier molecular flexibility index (Phi) is 6.99. The molecule has 0 aromatic heterocycles. The van der Waals surface area contributed by atoms with Gasteiger partial charge in [-0.25, -0.2) is 0 Å². The minimum absolute atomic E-state index is 0. The monoisotopic (exact) mass is 289 g/mol. The van der Waals surface area contributed by atoms with E-state index in [1.165, 1.54) is 19.2 Å². The van der Waals surface area contributed by atoms with E-state index in [1.54, 1.807) is 13.0 Å². The molecule has 0 radical (unpaired) electrons. The number of hydrogen-bond donors (Lipinski definition) is 2. The molecule has 106 valence electrons. The lowest BCUT2D eigenvalue weighted by atomic mass is 10.1. The number of carbonyl (C=O) groups excluding carboxylic acids is 1. The van der Waals surface area contributed by atoms with Crippen LogP contribution in [0.3, 0.4) is 0 Å². The number of nitrogens with two attached hydrogens (primary N) is 1. The molecule has 1 aromatic rings. The Balaban J connectivity index is 0.00000324. The van der Waals surface area contributed by atoms with Gasteiger partial charge in [-0.3, -0.25) is 14.9 Å². The quantitative estimate of drug-likeness (QED) is 0.626. The van der Waals surface area contributed by atoms with Crippen LogP contribution in [0, 0.1) is 17.0 Å². The molecular formula is C11H16ClN3O4. The van der Waals surface area contributed by atoms with Crippen molar-refractivity contribution in [3.05, 3.63) is 33.9 Å². The second kappa shape index (κ2) is 7.67. The summed E-state index contributed by atoms with van der Waals surface area (Å²) in [7, 11) is 1.44. The average Bonchev–Trinajstić information content (AvgIpc) is 2.31. The van der Waals surface area contributed by atoms with E-state index in [2.05, 4.69) is 5.32 Å². The number of nitrogens with one attached hydrogen (secondary N) is 1. The standard InChI is InChI=1S/C11H15N3O4.ClH/c1-7-9(4-3-5-10(7)14(16)17)13-11(15)8(12)6-18-2;/h3-5,8H,6,12H2,1-2H3,(H,13,15);1H. The van der Waals surface area contributed by atoms with Crippen molar-refractivity contribution < 1.29 is 14.5 Å². The van der Waals surface area contributed by atoms with Gasteiger partial charge in [-0.15, -0.1) is 12.4 Å². The number of methoxy groups -OCH3 is 1. The van der Waals surface area contributed by atoms with Crippen LogP contribution >= 0.6 is 12.4 Å². The molecule has 0 aliphatic heterocycles. The zero-order chi connectivity index (χ0) is 13.7. The maximum Gasteiger partial charge on any atom is 0.274 e. The van der Waals surface area contributed by atoms with E-state index in [9.17, 15) is 14.9 Å². The minimum Gasteiger partial charge on any atom is -0.383 e. The van der Waals surface area contributed by atoms with Gasteiger partial charge < -0.3 is 15.8 Å². The van der Waals surface area contributed by atoms with Crippen LogP contribution < -0.4 is 11.1 Å². The molecule has 7 nitrogen and oxygen atoms in total. The SMILES string of the molecule is COCC(N)C(=O)Nc1cccc([N+](=O)[O-])c1C.Cl. The van der Waals surface area contributed by atoms with Crippen LogP contribution in [0.5, 0.6) is 0 Å². The second-order valence-corrected chi connectivity index (χ2v) is 3.76. The Hall–Kier alpha value is -1.70. The number of amides is 1. The fraction of sp³-hybridized carbons (Fsp3) is 0.364. The fourth-order valence-electron chi connectivity index (χ4n) is 1.44. The van der Waals surface area contributed by atoms with Crippen molar-refractivity contribution in [3.8, 4) is 0 Å². The predicted molar refractivity (Wildman–Crippen MR) is 73.6 cm³/mol. The maximum absolute atomic E-state index is 11.6. The molecule has 0 aliphatic carbocycles. The van der Waals surface area contributed by atoms with Gasteiger partial charge in [0.25, 0.3) is 5.69 Å². The smallest absolute Gasteiger partial charge is 0.274 e. The van der Waals surface area contributed by atoms with Gasteiger partial charge in [0, 0.05) is 13.2 Å². The number of carbonyl (C=O) groups is 1. The number of halogens is 1. The molecule has 8 heteroatoms. The fourth-order valence-corrected chi connectivity index (χ4v) is 1.44. The van der Waals surface area contributed by atoms with Crippen LogP contribution in [0.2, 0.25) is 0 Å². The van der Waals surface area contributed by atoms with E-state index < -0.39 is 16.9 Å². The van der Waals surface area contributed by atoms with E-state index in [1.807, 2.05) is 0 Å². The predicted octanol–water partition coefficient (Wildman–Crippen LogP) is 1.24. The number of hydrogen-bond acceptors (Lipinski definition) is 5. The third-order valence-electron chi connectivity index (χ3n) is 2.44. The second-order valence-electron chi connectivity index (χ2n) is 3.76. The van der Waals surface area contributed by atoms with E-state index in [4.69, 9.17) is 10.5 Å². The van der Waals surface area contributed by atoms with Gasteiger partial charge in [-0.1, -0.05) is 6.07 Å². The van der Waals surface area contributed by atoms with Crippen molar-refractivity contribution in [2.24, 2.45) is 5.73 Å². The van der Waals surface area contributed by atoms with E-state index in [-0.39, 0.29) is 24.7 Å². The van der Waals surface area contributed by atoms with Crippen LogP contribution in [0.4, 0.5) is 11.4 Å². The highest BCUT2D eigenvalue weighted by molar-refractivity contribution is 5.95. The molecule has 0 saturated carbocycles. The number of ether oxygens (including phenoxy) is 1. The Labute approximate surface area is 116 Å². The molecule has 1 aromatic carbocycles. The number of nitrogens with zero attached hydrogens (tertiary/aromatic N) is 1. The zero-order valence-corrected chi connectivity index (χ0v) is 11.4. The van der Waals surface area contributed by atoms with Crippen LogP contribution in [0.15, 0.2) is 18.2 Å². The van der Waals surface area contributed by atoms with Crippen molar-refractivity contribution in [1.82, 2.24) is 0 Å². The number of nitro benzene ring substituents is 1. The lowest BCUT2D eigenvalue weighted by Crippen LogP contribution is -2.39. The Morgan fingerprint density at radius 3 is 2.74 bits per heavy atom. The highest BCUT2D eigenvalue weighted by atomic mass is 35.5. The minimum atomic E-state index is -0.811. The normalized spacial score (nSPS) is 11.3. The molecule has 3 N–H and O–H groups in total. The maximum atomic E-state index is 11.6. The van der Waals surface area contributed by atoms with Crippen LogP contribution in [0.1, 0.15) is 5.56 Å². The summed E-state index contributed by atoms with van der Waals surface area (Å²) in [5, 5.41) is 13.3. The topological polar surface area (TPSA) is 107 Å². The van der Waals surface area contributed by atoms with Crippen molar-refractivity contribution in [1.29, 1.82) is 0 Å². The highest BCUT2D eigenvalue weighted by Gasteiger charge is 2.17. The molecular weight excluding hydrogens is 274 g/mol. The highest BCUT2D eigenvalue weighted by Crippen LogP contribution is 2.24. The van der Waals surface area contributed by atoms with Gasteiger partial charge in [0.2, 0.25) is 5.91 Å². The first-order valence-corrected chi connectivity index (χ1v) is 5.26. The first kappa shape index (κ1) is 17.3. The first-order chi connectivity index (χ1) is 8.47. The summed E-state index contributed by atoms with van der Waals surface area (Å²) in [6, 6.07) is 3.65. The lowest BCUT2D eigenvalue weighted by molar-refractivity contribution is -0.385. The van der Waals surface area contributed by atoms with E-state index in [0.717, 1.165) is 0 Å². The molecule has 0 spiro atoms. The molecule has 1 atom stereocenters. The molecule has 0 fully saturated rings. The van der Waals surface area contributed by atoms with Crippen LogP contribution in [0.25, 0.3) is 0 Å². The molecule has 1 unspecified atom stereocenters. The van der Waals surface area contributed by atoms with Crippen LogP contribution in [-0.4, -0.2) is 30.6 Å². The number of rotatable bonds is 5. The van der Waals surface area contributed by atoms with Gasteiger partial charge in [-0.05, 0) is 13.0 Å². The first-order valence-electron chi connectivity index (χ1n) is 5.26. The summed E-state index contributed by atoms with van der Waals surface area (Å²) >= 11 is 0. The lowest BCUT2D eigenvalue weighted by Gasteiger charge is -2.12. The Morgan fingerprint density at radius 2 is 2.21 bits per heavy atom. The summed E-state index contributed by atoms with van der Waals surface area (Å²) in [6.07, 6.45) is 0. The van der Waals surface area contributed by atoms with Gasteiger partial charge >= 0.3 is 0 Å². The molecule has 0 saturated heterocycles. The number of anilines is 1. The number of benzene rings is 1. The summed E-state index contributed by atoms with van der Waals surface area (Å²) in [6.45, 7) is 1.65. The van der Waals surface area contributed by atoms with Crippen molar-refractivity contribution in [2.45, 2.75) is 13.0 Å². The van der Waals surface area contributed by atoms with Gasteiger partial charge in [0.1, 0.15) is 6.04 Å². The summed E-state index contributed by atoms with van der Waals surface area (Å²) < 4.78 is 4.76. The van der Waals surface area contributed by atoms with Gasteiger partial charge in [-0.2, -0.15) is 0 Å². The molecule has 1 amide bonds. The largest absolute Gasteiger partial charge is 0.383 e. The van der Waals surface area contributed by atoms with Crippen LogP contribution in [-0.2, 0) is 9.53 Å². The zero-order valence-electron chi connectivity index (χ0n) is 10.6. The van der Waals surface area contributed by atoms with E-state index in [0.29, 0.717) is 11.3 Å². The molecule has 0 heterocycles. The molecule has 1 rings (SSSR count). The third kappa shape index (κ3) is 4.47. The molecule has 19 heavy (non-hydrogen) atoms. The molecule has 0 aliphatic rings. The van der Waals surface area contributed by atoms with Crippen molar-refractivity contribution in [3.63, 3.8) is 0 Å². The number of nitro groups is 1. The summed E-state index contributed by atoms with van der Waals surface area (Å²) in [5.74, 6) is -0.444. The van der Waals surface area contributed by atoms with E-state index >= 15 is 0 Å². The third-order valence-corrected chi connectivity index (χ3v) is 2.44. The van der Waals surface area contributed by atoms with Gasteiger partial charge in [0.05, 0.1) is 22.8 Å². The summed E-state index contributed by atoms with van der Waals surface area (Å²) in [4.78, 5) is 21.9. The van der Waals surface area contributed by atoms with Gasteiger partial charge in [0.15, 0.2) is 0 Å². The summed E-state index contributed by atoms with van der Waals surface area (Å²) in [5.41, 5.74) is 6.27. The average molecular weight is 290 g/mol. The Bertz CT molecular complexity index is 467. The van der Waals surface area contributed by atoms with Crippen molar-refractivity contribution in [2.75, 3.05) is 19.0 Å². The Morgan fingerprint density at radius 1 is 1.58 bits per heavy atom.